The van der Waals surface area contributed by atoms with Crippen molar-refractivity contribution in [2.45, 2.75) is 45.7 Å². The van der Waals surface area contributed by atoms with Crippen LogP contribution in [0.3, 0.4) is 0 Å². The first-order valence-corrected chi connectivity index (χ1v) is 8.41. The summed E-state index contributed by atoms with van der Waals surface area (Å²) < 4.78 is 1.10. The number of benzene rings is 1. The van der Waals surface area contributed by atoms with Gasteiger partial charge in [0.15, 0.2) is 0 Å². The standard InChI is InChI=1S/C17H25BrN2O/c1-17(2,3)19-16(21)14-5-4-10-20(12-14)11-13-6-8-15(18)9-7-13/h6-9,14H,4-5,10-12H2,1-3H3,(H,19,21). The molecular formula is C17H25BrN2O. The molecule has 3 nitrogen and oxygen atoms in total. The van der Waals surface area contributed by atoms with Crippen molar-refractivity contribution in [3.63, 3.8) is 0 Å². The Labute approximate surface area is 136 Å². The molecule has 116 valence electrons. The molecule has 1 unspecified atom stereocenters. The molecule has 0 spiro atoms. The summed E-state index contributed by atoms with van der Waals surface area (Å²) in [6.45, 7) is 8.97. The van der Waals surface area contributed by atoms with Crippen molar-refractivity contribution in [3.8, 4) is 0 Å². The van der Waals surface area contributed by atoms with E-state index in [4.69, 9.17) is 0 Å². The van der Waals surface area contributed by atoms with Crippen LogP contribution in [0.15, 0.2) is 28.7 Å². The number of nitrogens with zero attached hydrogens (tertiary/aromatic N) is 1. The van der Waals surface area contributed by atoms with E-state index in [0.717, 1.165) is 36.9 Å². The number of nitrogens with one attached hydrogen (secondary N) is 1. The fourth-order valence-corrected chi connectivity index (χ4v) is 3.00. The largest absolute Gasteiger partial charge is 0.351 e. The lowest BCUT2D eigenvalue weighted by atomic mass is 9.95. The minimum Gasteiger partial charge on any atom is -0.351 e. The second-order valence-corrected chi connectivity index (χ2v) is 7.86. The van der Waals surface area contributed by atoms with Crippen molar-refractivity contribution < 1.29 is 4.79 Å². The van der Waals surface area contributed by atoms with E-state index >= 15 is 0 Å². The highest BCUT2D eigenvalue weighted by atomic mass is 79.9. The van der Waals surface area contributed by atoms with Gasteiger partial charge in [0.1, 0.15) is 0 Å². The summed E-state index contributed by atoms with van der Waals surface area (Å²) in [4.78, 5) is 14.7. The Morgan fingerprint density at radius 1 is 1.33 bits per heavy atom. The maximum absolute atomic E-state index is 12.3. The van der Waals surface area contributed by atoms with Crippen LogP contribution in [-0.2, 0) is 11.3 Å². The molecule has 0 radical (unpaired) electrons. The average molecular weight is 353 g/mol. The van der Waals surface area contributed by atoms with Crippen LogP contribution in [0.2, 0.25) is 0 Å². The van der Waals surface area contributed by atoms with Crippen LogP contribution in [0.5, 0.6) is 0 Å². The first-order chi connectivity index (χ1) is 9.83. The van der Waals surface area contributed by atoms with E-state index in [-0.39, 0.29) is 17.4 Å². The third-order valence-electron chi connectivity index (χ3n) is 3.69. The molecule has 1 heterocycles. The summed E-state index contributed by atoms with van der Waals surface area (Å²) in [5.41, 5.74) is 1.15. The van der Waals surface area contributed by atoms with Crippen LogP contribution >= 0.6 is 15.9 Å². The van der Waals surface area contributed by atoms with Gasteiger partial charge >= 0.3 is 0 Å². The van der Waals surface area contributed by atoms with Gasteiger partial charge in [0, 0.05) is 23.1 Å². The monoisotopic (exact) mass is 352 g/mol. The first kappa shape index (κ1) is 16.5. The Bertz CT molecular complexity index is 479. The molecule has 0 aromatic heterocycles. The van der Waals surface area contributed by atoms with Crippen LogP contribution in [0.25, 0.3) is 0 Å². The van der Waals surface area contributed by atoms with Gasteiger partial charge in [-0.3, -0.25) is 9.69 Å². The van der Waals surface area contributed by atoms with Gasteiger partial charge in [0.25, 0.3) is 0 Å². The van der Waals surface area contributed by atoms with Crippen molar-refractivity contribution in [1.29, 1.82) is 0 Å². The third kappa shape index (κ3) is 5.44. The topological polar surface area (TPSA) is 32.3 Å². The van der Waals surface area contributed by atoms with E-state index in [9.17, 15) is 4.79 Å². The van der Waals surface area contributed by atoms with Crippen LogP contribution in [-0.4, -0.2) is 29.4 Å². The molecule has 0 aliphatic carbocycles. The highest BCUT2D eigenvalue weighted by molar-refractivity contribution is 9.10. The van der Waals surface area contributed by atoms with Gasteiger partial charge < -0.3 is 5.32 Å². The van der Waals surface area contributed by atoms with E-state index in [0.29, 0.717) is 0 Å². The lowest BCUT2D eigenvalue weighted by molar-refractivity contribution is -0.128. The molecule has 0 saturated carbocycles. The van der Waals surface area contributed by atoms with Gasteiger partial charge in [-0.25, -0.2) is 0 Å². The van der Waals surface area contributed by atoms with E-state index in [1.807, 2.05) is 20.8 Å². The number of carbonyl (C=O) groups is 1. The van der Waals surface area contributed by atoms with Gasteiger partial charge in [0.05, 0.1) is 5.92 Å². The zero-order chi connectivity index (χ0) is 15.5. The van der Waals surface area contributed by atoms with Crippen LogP contribution in [0.4, 0.5) is 0 Å². The fourth-order valence-electron chi connectivity index (χ4n) is 2.73. The molecule has 1 saturated heterocycles. The minimum absolute atomic E-state index is 0.119. The van der Waals surface area contributed by atoms with E-state index in [1.54, 1.807) is 0 Å². The maximum Gasteiger partial charge on any atom is 0.224 e. The Balaban J connectivity index is 1.91. The van der Waals surface area contributed by atoms with Crippen molar-refractivity contribution in [1.82, 2.24) is 10.2 Å². The molecule has 1 aliphatic rings. The molecule has 1 fully saturated rings. The number of halogens is 1. The summed E-state index contributed by atoms with van der Waals surface area (Å²) in [5.74, 6) is 0.316. The Hall–Kier alpha value is -0.870. The average Bonchev–Trinajstić information content (AvgIpc) is 2.40. The minimum atomic E-state index is -0.148. The van der Waals surface area contributed by atoms with Crippen LogP contribution in [0.1, 0.15) is 39.2 Å². The highest BCUT2D eigenvalue weighted by Gasteiger charge is 2.27. The lowest BCUT2D eigenvalue weighted by Gasteiger charge is -2.33. The van der Waals surface area contributed by atoms with Crippen LogP contribution in [0, 0.1) is 5.92 Å². The number of hydrogen-bond donors (Lipinski definition) is 1. The van der Waals surface area contributed by atoms with Gasteiger partial charge in [-0.05, 0) is 57.9 Å². The SMILES string of the molecule is CC(C)(C)NC(=O)C1CCCN(Cc2ccc(Br)cc2)C1. The molecule has 0 bridgehead atoms. The summed E-state index contributed by atoms with van der Waals surface area (Å²) in [6, 6.07) is 8.43. The second-order valence-electron chi connectivity index (χ2n) is 6.94. The second kappa shape index (κ2) is 6.93. The van der Waals surface area contributed by atoms with Gasteiger partial charge in [-0.1, -0.05) is 28.1 Å². The van der Waals surface area contributed by atoms with Crippen molar-refractivity contribution in [2.75, 3.05) is 13.1 Å². The van der Waals surface area contributed by atoms with Gasteiger partial charge in [-0.15, -0.1) is 0 Å². The number of hydrogen-bond acceptors (Lipinski definition) is 2. The molecule has 1 N–H and O–H groups in total. The zero-order valence-electron chi connectivity index (χ0n) is 13.2. The van der Waals surface area contributed by atoms with E-state index < -0.39 is 0 Å². The zero-order valence-corrected chi connectivity index (χ0v) is 14.7. The summed E-state index contributed by atoms with van der Waals surface area (Å²) >= 11 is 3.46. The molecule has 21 heavy (non-hydrogen) atoms. The molecule has 1 aliphatic heterocycles. The van der Waals surface area contributed by atoms with Gasteiger partial charge in [-0.2, -0.15) is 0 Å². The molecule has 1 aromatic carbocycles. The smallest absolute Gasteiger partial charge is 0.224 e. The number of rotatable bonds is 3. The number of amides is 1. The quantitative estimate of drug-likeness (QED) is 0.901. The lowest BCUT2D eigenvalue weighted by Crippen LogP contribution is -2.48. The summed E-state index contributed by atoms with van der Waals surface area (Å²) in [6.07, 6.45) is 2.09. The summed E-state index contributed by atoms with van der Waals surface area (Å²) in [7, 11) is 0. The van der Waals surface area contributed by atoms with Crippen molar-refractivity contribution in [3.05, 3.63) is 34.3 Å². The van der Waals surface area contributed by atoms with Crippen molar-refractivity contribution >= 4 is 21.8 Å². The van der Waals surface area contributed by atoms with E-state index in [2.05, 4.69) is 50.4 Å². The van der Waals surface area contributed by atoms with Crippen molar-refractivity contribution in [2.24, 2.45) is 5.92 Å². The maximum atomic E-state index is 12.3. The highest BCUT2D eigenvalue weighted by Crippen LogP contribution is 2.20. The molecule has 1 amide bonds. The molecule has 4 heteroatoms. The third-order valence-corrected chi connectivity index (χ3v) is 4.22. The predicted octanol–water partition coefficient (Wildman–Crippen LogP) is 3.58. The molecule has 2 rings (SSSR count). The Morgan fingerprint density at radius 3 is 2.62 bits per heavy atom. The molecule has 1 atom stereocenters. The predicted molar refractivity (Wildman–Crippen MR) is 90.0 cm³/mol. The summed E-state index contributed by atoms with van der Waals surface area (Å²) in [5, 5.41) is 3.11. The fraction of sp³-hybridized carbons (Fsp3) is 0.588. The number of piperidine rings is 1. The van der Waals surface area contributed by atoms with Crippen LogP contribution < -0.4 is 5.32 Å². The Kier molecular flexibility index (Phi) is 5.44. The number of carbonyl (C=O) groups excluding carboxylic acids is 1. The molecule has 1 aromatic rings. The van der Waals surface area contributed by atoms with Gasteiger partial charge in [0.2, 0.25) is 5.91 Å². The molecular weight excluding hydrogens is 328 g/mol. The first-order valence-electron chi connectivity index (χ1n) is 7.62. The van der Waals surface area contributed by atoms with E-state index in [1.165, 1.54) is 5.56 Å². The normalized spacial score (nSPS) is 20.3. The number of likely N-dealkylation sites (tertiary alicyclic amines) is 1. The Morgan fingerprint density at radius 2 is 2.00 bits per heavy atom.